The Balaban J connectivity index is 1.99. The van der Waals surface area contributed by atoms with Crippen molar-refractivity contribution in [3.63, 3.8) is 0 Å². The van der Waals surface area contributed by atoms with Gasteiger partial charge >= 0.3 is 0 Å². The van der Waals surface area contributed by atoms with E-state index in [1.54, 1.807) is 0 Å². The number of hydrogen-bond acceptors (Lipinski definition) is 3. The summed E-state index contributed by atoms with van der Waals surface area (Å²) < 4.78 is 11.0. The van der Waals surface area contributed by atoms with E-state index in [0.29, 0.717) is 0 Å². The minimum Gasteiger partial charge on any atom is -0.381 e. The molecule has 0 bridgehead atoms. The summed E-state index contributed by atoms with van der Waals surface area (Å²) in [5.74, 6) is 1.15. The third-order valence-electron chi connectivity index (χ3n) is 3.78. The van der Waals surface area contributed by atoms with E-state index in [1.807, 2.05) is 0 Å². The van der Waals surface area contributed by atoms with Gasteiger partial charge < -0.3 is 9.26 Å². The van der Waals surface area contributed by atoms with Gasteiger partial charge in [-0.05, 0) is 25.7 Å². The summed E-state index contributed by atoms with van der Waals surface area (Å²) in [4.78, 5) is 0. The van der Waals surface area contributed by atoms with Gasteiger partial charge in [0.1, 0.15) is 5.76 Å². The van der Waals surface area contributed by atoms with Crippen molar-refractivity contribution in [3.05, 3.63) is 17.0 Å². The zero-order chi connectivity index (χ0) is 10.3. The van der Waals surface area contributed by atoms with Crippen molar-refractivity contribution in [2.24, 2.45) is 0 Å². The molecule has 0 unspecified atom stereocenters. The van der Waals surface area contributed by atoms with Crippen molar-refractivity contribution in [2.75, 3.05) is 13.2 Å². The average molecular weight is 272 g/mol. The van der Waals surface area contributed by atoms with Crippen molar-refractivity contribution in [1.82, 2.24) is 5.16 Å². The smallest absolute Gasteiger partial charge is 0.146 e. The largest absolute Gasteiger partial charge is 0.381 e. The zero-order valence-electron chi connectivity index (χ0n) is 8.59. The Morgan fingerprint density at radius 3 is 2.80 bits per heavy atom. The van der Waals surface area contributed by atoms with Crippen LogP contribution in [0, 0.1) is 0 Å². The molecule has 2 aliphatic rings. The van der Waals surface area contributed by atoms with E-state index in [2.05, 4.69) is 21.1 Å². The van der Waals surface area contributed by atoms with E-state index in [4.69, 9.17) is 9.26 Å². The fourth-order valence-electron chi connectivity index (χ4n) is 2.84. The summed E-state index contributed by atoms with van der Waals surface area (Å²) in [5, 5.41) is 4.95. The van der Waals surface area contributed by atoms with E-state index >= 15 is 0 Å². The van der Waals surface area contributed by atoms with Crippen LogP contribution < -0.4 is 0 Å². The Morgan fingerprint density at radius 1 is 1.27 bits per heavy atom. The first-order valence-electron chi connectivity index (χ1n) is 5.47. The van der Waals surface area contributed by atoms with Crippen molar-refractivity contribution in [1.29, 1.82) is 0 Å². The lowest BCUT2D eigenvalue weighted by Gasteiger charge is -2.31. The monoisotopic (exact) mass is 271 g/mol. The lowest BCUT2D eigenvalue weighted by Crippen LogP contribution is -2.31. The van der Waals surface area contributed by atoms with Crippen molar-refractivity contribution in [2.45, 2.75) is 36.4 Å². The highest BCUT2D eigenvalue weighted by Gasteiger charge is 2.44. The fourth-order valence-corrected chi connectivity index (χ4v) is 3.28. The second kappa shape index (κ2) is 3.59. The van der Waals surface area contributed by atoms with Crippen LogP contribution in [0.5, 0.6) is 0 Å². The molecular weight excluding hydrogens is 258 g/mol. The summed E-state index contributed by atoms with van der Waals surface area (Å²) in [7, 11) is 0. The molecule has 1 spiro atoms. The highest BCUT2D eigenvalue weighted by molar-refractivity contribution is 9.08. The highest BCUT2D eigenvalue weighted by atomic mass is 79.9. The molecule has 1 saturated heterocycles. The van der Waals surface area contributed by atoms with Crippen LogP contribution in [0.1, 0.15) is 36.3 Å². The molecule has 0 N–H and O–H groups in total. The number of ether oxygens (including phenoxy) is 1. The zero-order valence-corrected chi connectivity index (χ0v) is 10.2. The first-order chi connectivity index (χ1) is 7.36. The number of fused-ring (bicyclic) bond motifs is 2. The molecule has 0 amide bonds. The molecule has 82 valence electrons. The van der Waals surface area contributed by atoms with Crippen LogP contribution in [0.4, 0.5) is 0 Å². The maximum absolute atomic E-state index is 5.56. The normalized spacial score (nSPS) is 23.3. The second-order valence-electron chi connectivity index (χ2n) is 4.46. The highest BCUT2D eigenvalue weighted by Crippen LogP contribution is 2.47. The number of rotatable bonds is 1. The standard InChI is InChI=1S/C11H14BrNO2/c12-7-9-8-1-2-11(10(8)15-13-9)3-5-14-6-4-11/h1-7H2. The molecule has 2 heterocycles. The molecule has 1 aliphatic heterocycles. The van der Waals surface area contributed by atoms with Crippen LogP contribution >= 0.6 is 15.9 Å². The predicted molar refractivity (Wildman–Crippen MR) is 59.2 cm³/mol. The van der Waals surface area contributed by atoms with Gasteiger partial charge in [0.05, 0.1) is 5.69 Å². The van der Waals surface area contributed by atoms with E-state index in [-0.39, 0.29) is 5.41 Å². The Hall–Kier alpha value is -0.350. The summed E-state index contributed by atoms with van der Waals surface area (Å²) in [6.45, 7) is 1.73. The number of alkyl halides is 1. The number of halogens is 1. The quantitative estimate of drug-likeness (QED) is 0.737. The van der Waals surface area contributed by atoms with E-state index < -0.39 is 0 Å². The van der Waals surface area contributed by atoms with Gasteiger partial charge in [0.25, 0.3) is 0 Å². The van der Waals surface area contributed by atoms with Gasteiger partial charge in [-0.2, -0.15) is 0 Å². The maximum atomic E-state index is 5.56. The van der Waals surface area contributed by atoms with E-state index in [9.17, 15) is 0 Å². The summed E-state index contributed by atoms with van der Waals surface area (Å²) in [5.41, 5.74) is 2.70. The van der Waals surface area contributed by atoms with Gasteiger partial charge in [0.2, 0.25) is 0 Å². The molecule has 0 aromatic carbocycles. The molecule has 1 fully saturated rings. The first-order valence-corrected chi connectivity index (χ1v) is 6.59. The second-order valence-corrected chi connectivity index (χ2v) is 5.02. The lowest BCUT2D eigenvalue weighted by molar-refractivity contribution is 0.0408. The first kappa shape index (κ1) is 9.85. The van der Waals surface area contributed by atoms with Crippen LogP contribution in [0.15, 0.2) is 4.52 Å². The molecule has 15 heavy (non-hydrogen) atoms. The van der Waals surface area contributed by atoms with Gasteiger partial charge in [0, 0.05) is 29.5 Å². The summed E-state index contributed by atoms with van der Waals surface area (Å²) in [6.07, 6.45) is 4.53. The van der Waals surface area contributed by atoms with E-state index in [0.717, 1.165) is 49.3 Å². The SMILES string of the molecule is BrCc1noc2c1CCC21CCOCC1. The number of nitrogens with zero attached hydrogens (tertiary/aromatic N) is 1. The van der Waals surface area contributed by atoms with Crippen molar-refractivity contribution < 1.29 is 9.26 Å². The van der Waals surface area contributed by atoms with Gasteiger partial charge in [-0.3, -0.25) is 0 Å². The van der Waals surface area contributed by atoms with Gasteiger partial charge in [0.15, 0.2) is 0 Å². The third-order valence-corrected chi connectivity index (χ3v) is 4.31. The molecule has 3 nitrogen and oxygen atoms in total. The molecule has 0 saturated carbocycles. The molecule has 1 aliphatic carbocycles. The summed E-state index contributed by atoms with van der Waals surface area (Å²) in [6, 6.07) is 0. The van der Waals surface area contributed by atoms with Gasteiger partial charge in [-0.15, -0.1) is 0 Å². The van der Waals surface area contributed by atoms with Gasteiger partial charge in [-0.25, -0.2) is 0 Å². The minimum atomic E-state index is 0.251. The van der Waals surface area contributed by atoms with Crippen molar-refractivity contribution in [3.8, 4) is 0 Å². The molecule has 1 aromatic rings. The summed E-state index contributed by atoms with van der Waals surface area (Å²) >= 11 is 3.46. The maximum Gasteiger partial charge on any atom is 0.146 e. The third kappa shape index (κ3) is 1.38. The lowest BCUT2D eigenvalue weighted by atomic mass is 9.79. The molecule has 1 aromatic heterocycles. The number of aromatic nitrogens is 1. The van der Waals surface area contributed by atoms with Gasteiger partial charge in [-0.1, -0.05) is 21.1 Å². The predicted octanol–water partition coefficient (Wildman–Crippen LogP) is 2.56. The average Bonchev–Trinajstić information content (AvgIpc) is 2.83. The molecule has 4 heteroatoms. The van der Waals surface area contributed by atoms with Crippen LogP contribution in [-0.2, 0) is 21.9 Å². The molecular formula is C11H14BrNO2. The minimum absolute atomic E-state index is 0.251. The Bertz CT molecular complexity index is 369. The van der Waals surface area contributed by atoms with Crippen LogP contribution in [-0.4, -0.2) is 18.4 Å². The topological polar surface area (TPSA) is 35.3 Å². The fraction of sp³-hybridized carbons (Fsp3) is 0.727. The Labute approximate surface area is 97.3 Å². The van der Waals surface area contributed by atoms with Crippen LogP contribution in [0.3, 0.4) is 0 Å². The number of hydrogen-bond donors (Lipinski definition) is 0. The molecule has 0 radical (unpaired) electrons. The van der Waals surface area contributed by atoms with E-state index in [1.165, 1.54) is 12.0 Å². The van der Waals surface area contributed by atoms with Crippen LogP contribution in [0.2, 0.25) is 0 Å². The van der Waals surface area contributed by atoms with Crippen molar-refractivity contribution >= 4 is 15.9 Å². The Morgan fingerprint density at radius 2 is 2.07 bits per heavy atom. The molecule has 0 atom stereocenters. The molecule has 3 rings (SSSR count). The Kier molecular flexibility index (Phi) is 2.36. The van der Waals surface area contributed by atoms with Crippen LogP contribution in [0.25, 0.3) is 0 Å².